The topological polar surface area (TPSA) is 71.2 Å². The molecule has 0 atom stereocenters. The summed E-state index contributed by atoms with van der Waals surface area (Å²) in [5, 5.41) is 19.0. The van der Waals surface area contributed by atoms with Crippen molar-refractivity contribution in [1.82, 2.24) is 14.5 Å². The summed E-state index contributed by atoms with van der Waals surface area (Å²) in [4.78, 5) is 8.22. The monoisotopic (exact) mass is 417 g/mol. The van der Waals surface area contributed by atoms with E-state index in [1.54, 1.807) is 18.2 Å². The van der Waals surface area contributed by atoms with Crippen LogP contribution in [0.4, 0.5) is 26.3 Å². The lowest BCUT2D eigenvalue weighted by Gasteiger charge is -2.32. The second kappa shape index (κ2) is 7.16. The summed E-state index contributed by atoms with van der Waals surface area (Å²) < 4.78 is 79.6. The number of halogens is 6. The van der Waals surface area contributed by atoms with E-state index in [1.165, 1.54) is 17.0 Å². The summed E-state index contributed by atoms with van der Waals surface area (Å²) in [6.07, 6.45) is -9.17. The molecule has 2 aromatic heterocycles. The van der Waals surface area contributed by atoms with Gasteiger partial charge in [-0.25, -0.2) is 4.98 Å². The van der Waals surface area contributed by atoms with E-state index < -0.39 is 30.1 Å². The van der Waals surface area contributed by atoms with Gasteiger partial charge in [0.15, 0.2) is 5.82 Å². The summed E-state index contributed by atoms with van der Waals surface area (Å²) >= 11 is 0. The fourth-order valence-electron chi connectivity index (χ4n) is 2.80. The first-order valence-corrected chi connectivity index (χ1v) is 8.06. The Hall–Kier alpha value is -2.92. The van der Waals surface area contributed by atoms with Gasteiger partial charge in [0, 0.05) is 17.4 Å². The molecule has 5 nitrogen and oxygen atoms in total. The quantitative estimate of drug-likeness (QED) is 0.635. The van der Waals surface area contributed by atoms with Crippen LogP contribution in [-0.2, 0) is 12.2 Å². The van der Waals surface area contributed by atoms with E-state index in [1.807, 2.05) is 0 Å². The number of alkyl halides is 6. The molecule has 0 unspecified atom stereocenters. The number of aliphatic hydroxyl groups excluding tert-OH is 1. The highest BCUT2D eigenvalue weighted by molar-refractivity contribution is 5.55. The van der Waals surface area contributed by atoms with Crippen molar-refractivity contribution in [2.75, 3.05) is 0 Å². The Morgan fingerprint density at radius 2 is 1.48 bits per heavy atom. The lowest BCUT2D eigenvalue weighted by Crippen LogP contribution is -2.53. The summed E-state index contributed by atoms with van der Waals surface area (Å²) in [6, 6.07) is 7.89. The first-order valence-electron chi connectivity index (χ1n) is 8.06. The van der Waals surface area contributed by atoms with Crippen LogP contribution in [0.2, 0.25) is 0 Å². The van der Waals surface area contributed by atoms with Crippen molar-refractivity contribution in [2.24, 2.45) is 0 Å². The molecule has 0 amide bonds. The van der Waals surface area contributed by atoms with Crippen LogP contribution in [0.15, 0.2) is 54.9 Å². The fourth-order valence-corrected chi connectivity index (χ4v) is 2.80. The molecule has 1 aromatic carbocycles. The lowest BCUT2D eigenvalue weighted by molar-refractivity contribution is -0.376. The minimum atomic E-state index is -5.98. The van der Waals surface area contributed by atoms with Gasteiger partial charge in [-0.05, 0) is 24.3 Å². The largest absolute Gasteiger partial charge is 0.430 e. The van der Waals surface area contributed by atoms with Gasteiger partial charge in [0.1, 0.15) is 5.69 Å². The molecule has 3 aromatic rings. The number of hydrogen-bond donors (Lipinski definition) is 2. The van der Waals surface area contributed by atoms with Crippen LogP contribution in [0.1, 0.15) is 11.3 Å². The van der Waals surface area contributed by atoms with E-state index in [0.717, 1.165) is 12.1 Å². The molecule has 0 spiro atoms. The Kier molecular flexibility index (Phi) is 5.13. The van der Waals surface area contributed by atoms with Crippen LogP contribution >= 0.6 is 0 Å². The third-order valence-electron chi connectivity index (χ3n) is 4.25. The average molecular weight is 417 g/mol. The van der Waals surface area contributed by atoms with Crippen molar-refractivity contribution in [3.8, 4) is 17.2 Å². The van der Waals surface area contributed by atoms with Gasteiger partial charge in [0.25, 0.3) is 5.60 Å². The zero-order valence-electron chi connectivity index (χ0n) is 14.4. The molecule has 0 aliphatic rings. The summed E-state index contributed by atoms with van der Waals surface area (Å²) in [5.41, 5.74) is -5.66. The van der Waals surface area contributed by atoms with Crippen molar-refractivity contribution >= 4 is 0 Å². The van der Waals surface area contributed by atoms with Gasteiger partial charge in [-0.1, -0.05) is 18.2 Å². The number of benzene rings is 1. The van der Waals surface area contributed by atoms with Crippen molar-refractivity contribution in [1.29, 1.82) is 0 Å². The Morgan fingerprint density at radius 3 is 1.97 bits per heavy atom. The van der Waals surface area contributed by atoms with Crippen LogP contribution in [0.25, 0.3) is 17.2 Å². The van der Waals surface area contributed by atoms with Crippen LogP contribution in [0.5, 0.6) is 0 Å². The van der Waals surface area contributed by atoms with Crippen LogP contribution < -0.4 is 0 Å². The molecule has 154 valence electrons. The number of hydrogen-bond acceptors (Lipinski definition) is 4. The molecule has 0 aliphatic carbocycles. The molecule has 0 radical (unpaired) electrons. The molecule has 11 heteroatoms. The van der Waals surface area contributed by atoms with Gasteiger partial charge in [-0.3, -0.25) is 9.55 Å². The molecule has 0 aliphatic heterocycles. The summed E-state index contributed by atoms with van der Waals surface area (Å²) in [7, 11) is 0. The van der Waals surface area contributed by atoms with E-state index in [2.05, 4.69) is 9.97 Å². The zero-order valence-corrected chi connectivity index (χ0v) is 14.4. The Labute approximate surface area is 159 Å². The highest BCUT2D eigenvalue weighted by Gasteiger charge is 2.71. The predicted octanol–water partition coefficient (Wildman–Crippen LogP) is 3.74. The number of rotatable bonds is 4. The van der Waals surface area contributed by atoms with E-state index >= 15 is 0 Å². The second-order valence-corrected chi connectivity index (χ2v) is 6.03. The van der Waals surface area contributed by atoms with Crippen LogP contribution in [-0.4, -0.2) is 37.1 Å². The standard InChI is InChI=1S/C18H13F6N3O2/c19-17(20,21)16(29,18(22,23)24)11-4-6-12(7-5-11)27-13(10-28)9-26-15(27)14-3-1-2-8-25-14/h1-9,28-29H,10H2. The molecule has 2 N–H and O–H groups in total. The van der Waals surface area contributed by atoms with Crippen molar-refractivity contribution < 1.29 is 36.6 Å². The van der Waals surface area contributed by atoms with Crippen molar-refractivity contribution in [2.45, 2.75) is 24.6 Å². The molecular weight excluding hydrogens is 404 g/mol. The van der Waals surface area contributed by atoms with E-state index in [9.17, 15) is 36.6 Å². The zero-order chi connectivity index (χ0) is 21.4. The van der Waals surface area contributed by atoms with Gasteiger partial charge in [-0.2, -0.15) is 26.3 Å². The molecule has 0 bridgehead atoms. The Morgan fingerprint density at radius 1 is 0.862 bits per heavy atom. The van der Waals surface area contributed by atoms with Gasteiger partial charge in [0.05, 0.1) is 18.5 Å². The van der Waals surface area contributed by atoms with Gasteiger partial charge in [-0.15, -0.1) is 0 Å². The molecular formula is C18H13F6N3O2. The first kappa shape index (κ1) is 20.8. The second-order valence-electron chi connectivity index (χ2n) is 6.03. The van der Waals surface area contributed by atoms with E-state index in [0.29, 0.717) is 17.8 Å². The number of nitrogens with zero attached hydrogens (tertiary/aromatic N) is 3. The van der Waals surface area contributed by atoms with E-state index in [4.69, 9.17) is 0 Å². The summed E-state index contributed by atoms with van der Waals surface area (Å²) in [5.74, 6) is 0.226. The maximum atomic E-state index is 13.0. The smallest absolute Gasteiger partial charge is 0.390 e. The minimum absolute atomic E-state index is 0.127. The minimum Gasteiger partial charge on any atom is -0.390 e. The maximum Gasteiger partial charge on any atom is 0.430 e. The molecule has 3 rings (SSSR count). The van der Waals surface area contributed by atoms with Gasteiger partial charge in [0.2, 0.25) is 0 Å². The van der Waals surface area contributed by atoms with Gasteiger partial charge >= 0.3 is 12.4 Å². The number of pyridine rings is 1. The number of aromatic nitrogens is 3. The lowest BCUT2D eigenvalue weighted by atomic mass is 9.92. The van der Waals surface area contributed by atoms with Crippen LogP contribution in [0.3, 0.4) is 0 Å². The SMILES string of the molecule is OCc1cnc(-c2ccccn2)n1-c1ccc(C(O)(C(F)(F)F)C(F)(F)F)cc1. The summed E-state index contributed by atoms with van der Waals surface area (Å²) in [6.45, 7) is -0.489. The Bertz CT molecular complexity index is 968. The predicted molar refractivity (Wildman–Crippen MR) is 88.7 cm³/mol. The maximum absolute atomic E-state index is 13.0. The molecule has 0 saturated carbocycles. The fraction of sp³-hybridized carbons (Fsp3) is 0.222. The van der Waals surface area contributed by atoms with E-state index in [-0.39, 0.29) is 17.2 Å². The molecule has 0 saturated heterocycles. The molecule has 0 fully saturated rings. The van der Waals surface area contributed by atoms with Crippen LogP contribution in [0, 0.1) is 0 Å². The van der Waals surface area contributed by atoms with Gasteiger partial charge < -0.3 is 10.2 Å². The highest BCUT2D eigenvalue weighted by Crippen LogP contribution is 2.50. The molecule has 29 heavy (non-hydrogen) atoms. The highest BCUT2D eigenvalue weighted by atomic mass is 19.4. The normalized spacial score (nSPS) is 13.0. The van der Waals surface area contributed by atoms with Crippen molar-refractivity contribution in [3.05, 3.63) is 66.1 Å². The average Bonchev–Trinajstić information content (AvgIpc) is 3.10. The Balaban J connectivity index is 2.12. The first-order chi connectivity index (χ1) is 13.5. The third kappa shape index (κ3) is 3.47. The third-order valence-corrected chi connectivity index (χ3v) is 4.25. The molecule has 2 heterocycles. The van der Waals surface area contributed by atoms with Crippen molar-refractivity contribution in [3.63, 3.8) is 0 Å². The number of aliphatic hydroxyl groups is 2. The number of imidazole rings is 1.